The number of rotatable bonds is 3. The Morgan fingerprint density at radius 1 is 1.19 bits per heavy atom. The molecule has 3 heterocycles. The molecule has 1 saturated heterocycles. The Labute approximate surface area is 162 Å². The van der Waals surface area contributed by atoms with Crippen molar-refractivity contribution in [3.63, 3.8) is 0 Å². The number of nitrogens with zero attached hydrogens (tertiary/aromatic N) is 3. The monoisotopic (exact) mass is 387 g/mol. The van der Waals surface area contributed by atoms with Gasteiger partial charge in [0, 0.05) is 23.0 Å². The normalized spacial score (nSPS) is 17.7. The lowest BCUT2D eigenvalue weighted by Crippen LogP contribution is -2.38. The molecule has 0 amide bonds. The Bertz CT molecular complexity index is 938. The van der Waals surface area contributed by atoms with E-state index in [-0.39, 0.29) is 0 Å². The summed E-state index contributed by atoms with van der Waals surface area (Å²) < 4.78 is 5.31. The third kappa shape index (κ3) is 3.03. The van der Waals surface area contributed by atoms with Gasteiger partial charge in [-0.25, -0.2) is 4.98 Å². The Kier molecular flexibility index (Phi) is 4.76. The molecule has 1 aliphatic heterocycles. The lowest BCUT2D eigenvalue weighted by molar-refractivity contribution is 0.415. The average Bonchev–Trinajstić information content (AvgIpc) is 2.97. The zero-order valence-corrected chi connectivity index (χ0v) is 16.8. The van der Waals surface area contributed by atoms with Crippen LogP contribution < -0.4 is 9.64 Å². The molecule has 26 heavy (non-hydrogen) atoms. The van der Waals surface area contributed by atoms with Crippen molar-refractivity contribution in [2.75, 3.05) is 18.6 Å². The molecule has 0 bridgehead atoms. The summed E-state index contributed by atoms with van der Waals surface area (Å²) in [5, 5.41) is 1.45. The van der Waals surface area contributed by atoms with Crippen LogP contribution in [0.15, 0.2) is 24.3 Å². The van der Waals surface area contributed by atoms with Gasteiger partial charge in [0.25, 0.3) is 0 Å². The first-order valence-corrected chi connectivity index (χ1v) is 10.2. The van der Waals surface area contributed by atoms with Crippen LogP contribution >= 0.6 is 22.9 Å². The van der Waals surface area contributed by atoms with Gasteiger partial charge in [-0.3, -0.25) is 0 Å². The van der Waals surface area contributed by atoms with Crippen molar-refractivity contribution in [3.05, 3.63) is 34.4 Å². The van der Waals surface area contributed by atoms with Gasteiger partial charge in [-0.1, -0.05) is 12.1 Å². The predicted octanol–water partition coefficient (Wildman–Crippen LogP) is 5.71. The number of aromatic nitrogens is 2. The molecule has 1 aliphatic rings. The van der Waals surface area contributed by atoms with Crippen molar-refractivity contribution >= 4 is 39.0 Å². The highest BCUT2D eigenvalue weighted by atomic mass is 35.5. The van der Waals surface area contributed by atoms with Gasteiger partial charge >= 0.3 is 0 Å². The quantitative estimate of drug-likeness (QED) is 0.539. The summed E-state index contributed by atoms with van der Waals surface area (Å²) in [6.45, 7) is 5.43. The van der Waals surface area contributed by atoms with E-state index in [1.807, 2.05) is 12.1 Å². The molecule has 1 atom stereocenters. The topological polar surface area (TPSA) is 38.3 Å². The smallest absolute Gasteiger partial charge is 0.225 e. The Morgan fingerprint density at radius 2 is 1.96 bits per heavy atom. The molecule has 1 fully saturated rings. The molecule has 0 saturated carbocycles. The number of piperidine rings is 1. The molecular formula is C20H22ClN3OS. The van der Waals surface area contributed by atoms with Crippen LogP contribution in [0.2, 0.25) is 5.28 Å². The average molecular weight is 388 g/mol. The van der Waals surface area contributed by atoms with Gasteiger partial charge in [-0.2, -0.15) is 4.98 Å². The molecule has 4 rings (SSSR count). The molecular weight excluding hydrogens is 366 g/mol. The van der Waals surface area contributed by atoms with E-state index >= 15 is 0 Å². The minimum atomic E-state index is 0.327. The van der Waals surface area contributed by atoms with E-state index in [1.54, 1.807) is 18.4 Å². The van der Waals surface area contributed by atoms with Crippen LogP contribution in [0.4, 0.5) is 5.82 Å². The van der Waals surface area contributed by atoms with Crippen LogP contribution in [0.25, 0.3) is 21.3 Å². The second-order valence-corrected chi connectivity index (χ2v) is 8.34. The fraction of sp³-hybridized carbons (Fsp3) is 0.400. The highest BCUT2D eigenvalue weighted by Gasteiger charge is 2.26. The van der Waals surface area contributed by atoms with Crippen molar-refractivity contribution in [3.8, 4) is 16.9 Å². The second-order valence-electron chi connectivity index (χ2n) is 6.80. The minimum absolute atomic E-state index is 0.327. The van der Waals surface area contributed by atoms with Crippen molar-refractivity contribution in [1.82, 2.24) is 9.97 Å². The number of anilines is 1. The van der Waals surface area contributed by atoms with Crippen LogP contribution in [0.5, 0.6) is 5.75 Å². The Morgan fingerprint density at radius 3 is 2.65 bits per heavy atom. The van der Waals surface area contributed by atoms with Crippen molar-refractivity contribution in [2.24, 2.45) is 0 Å². The van der Waals surface area contributed by atoms with Crippen LogP contribution in [-0.2, 0) is 0 Å². The number of benzene rings is 1. The van der Waals surface area contributed by atoms with E-state index in [1.165, 1.54) is 29.7 Å². The fourth-order valence-corrected chi connectivity index (χ4v) is 5.05. The first kappa shape index (κ1) is 17.6. The zero-order chi connectivity index (χ0) is 18.3. The number of hydrogen-bond donors (Lipinski definition) is 0. The number of ether oxygens (including phenoxy) is 1. The van der Waals surface area contributed by atoms with Crippen LogP contribution in [-0.4, -0.2) is 29.7 Å². The maximum Gasteiger partial charge on any atom is 0.225 e. The number of halogens is 1. The Hall–Kier alpha value is -1.85. The molecule has 1 aromatic carbocycles. The fourth-order valence-electron chi connectivity index (χ4n) is 3.79. The van der Waals surface area contributed by atoms with Gasteiger partial charge in [0.2, 0.25) is 5.28 Å². The molecule has 6 heteroatoms. The number of fused-ring (bicyclic) bond motifs is 1. The molecule has 0 N–H and O–H groups in total. The summed E-state index contributed by atoms with van der Waals surface area (Å²) in [6.07, 6.45) is 3.65. The largest absolute Gasteiger partial charge is 0.497 e. The molecule has 4 nitrogen and oxygen atoms in total. The third-order valence-corrected chi connectivity index (χ3v) is 6.30. The number of hydrogen-bond acceptors (Lipinski definition) is 5. The van der Waals surface area contributed by atoms with Gasteiger partial charge in [0.1, 0.15) is 16.4 Å². The van der Waals surface area contributed by atoms with E-state index in [9.17, 15) is 0 Å². The van der Waals surface area contributed by atoms with Crippen LogP contribution in [0.1, 0.15) is 31.1 Å². The molecule has 136 valence electrons. The second kappa shape index (κ2) is 7.05. The summed E-state index contributed by atoms with van der Waals surface area (Å²) in [4.78, 5) is 13.8. The van der Waals surface area contributed by atoms with E-state index in [0.29, 0.717) is 11.3 Å². The zero-order valence-electron chi connectivity index (χ0n) is 15.3. The molecule has 0 spiro atoms. The maximum atomic E-state index is 6.28. The third-order valence-electron chi connectivity index (χ3n) is 5.13. The van der Waals surface area contributed by atoms with Gasteiger partial charge in [-0.05, 0) is 62.4 Å². The molecule has 2 aromatic heterocycles. The molecule has 3 aromatic rings. The van der Waals surface area contributed by atoms with Gasteiger partial charge < -0.3 is 9.64 Å². The predicted molar refractivity (Wildman–Crippen MR) is 110 cm³/mol. The van der Waals surface area contributed by atoms with Crippen LogP contribution in [0.3, 0.4) is 0 Å². The van der Waals surface area contributed by atoms with Crippen molar-refractivity contribution in [1.29, 1.82) is 0 Å². The molecule has 0 aliphatic carbocycles. The van der Waals surface area contributed by atoms with Gasteiger partial charge in [0.05, 0.1) is 12.5 Å². The summed E-state index contributed by atoms with van der Waals surface area (Å²) in [7, 11) is 1.69. The van der Waals surface area contributed by atoms with Crippen LogP contribution in [0, 0.1) is 6.92 Å². The first-order valence-electron chi connectivity index (χ1n) is 8.96. The maximum absolute atomic E-state index is 6.28. The van der Waals surface area contributed by atoms with Crippen molar-refractivity contribution < 1.29 is 4.74 Å². The number of methoxy groups -OCH3 is 1. The summed E-state index contributed by atoms with van der Waals surface area (Å²) >= 11 is 7.96. The molecule has 1 unspecified atom stereocenters. The highest BCUT2D eigenvalue weighted by Crippen LogP contribution is 2.43. The lowest BCUT2D eigenvalue weighted by Gasteiger charge is -2.35. The lowest BCUT2D eigenvalue weighted by atomic mass is 10.0. The first-order chi connectivity index (χ1) is 12.6. The Balaban J connectivity index is 1.94. The van der Waals surface area contributed by atoms with E-state index in [4.69, 9.17) is 16.3 Å². The van der Waals surface area contributed by atoms with Crippen molar-refractivity contribution in [2.45, 2.75) is 39.2 Å². The standard InChI is InChI=1S/C20H22ClN3OS/c1-12-6-4-5-11-24(12)18-17-16(14-7-9-15(25-3)10-8-14)13(2)26-19(17)23-20(21)22-18/h7-10,12H,4-6,11H2,1-3H3. The van der Waals surface area contributed by atoms with E-state index < -0.39 is 0 Å². The summed E-state index contributed by atoms with van der Waals surface area (Å²) in [5.74, 6) is 1.83. The van der Waals surface area contributed by atoms with E-state index in [0.717, 1.165) is 33.9 Å². The van der Waals surface area contributed by atoms with Gasteiger partial charge in [-0.15, -0.1) is 11.3 Å². The summed E-state index contributed by atoms with van der Waals surface area (Å²) in [6, 6.07) is 8.66. The minimum Gasteiger partial charge on any atom is -0.497 e. The van der Waals surface area contributed by atoms with Gasteiger partial charge in [0.15, 0.2) is 0 Å². The SMILES string of the molecule is COc1ccc(-c2c(C)sc3nc(Cl)nc(N4CCCCC4C)c23)cc1. The summed E-state index contributed by atoms with van der Waals surface area (Å²) in [5.41, 5.74) is 2.36. The number of thiophene rings is 1. The highest BCUT2D eigenvalue weighted by molar-refractivity contribution is 7.19. The number of aryl methyl sites for hydroxylation is 1. The molecule has 0 radical (unpaired) electrons. The van der Waals surface area contributed by atoms with E-state index in [2.05, 4.69) is 40.8 Å².